The number of carbonyl (C=O) groups is 1. The van der Waals surface area contributed by atoms with Crippen molar-refractivity contribution in [3.63, 3.8) is 0 Å². The third kappa shape index (κ3) is 2.35. The maximum atomic E-state index is 11.3. The van der Waals surface area contributed by atoms with E-state index in [1.807, 2.05) is 30.3 Å². The third-order valence-corrected chi connectivity index (χ3v) is 3.25. The molecule has 0 radical (unpaired) electrons. The van der Waals surface area contributed by atoms with Crippen LogP contribution in [-0.2, 0) is 9.53 Å². The second-order valence-electron chi connectivity index (χ2n) is 3.84. The average Bonchev–Trinajstić information content (AvgIpc) is 2.29. The van der Waals surface area contributed by atoms with Gasteiger partial charge in [-0.05, 0) is 24.1 Å². The van der Waals surface area contributed by atoms with E-state index >= 15 is 0 Å². The van der Waals surface area contributed by atoms with Crippen molar-refractivity contribution in [3.8, 4) is 0 Å². The summed E-state index contributed by atoms with van der Waals surface area (Å²) in [7, 11) is 0. The summed E-state index contributed by atoms with van der Waals surface area (Å²) >= 11 is 3.43. The zero-order valence-corrected chi connectivity index (χ0v) is 10.6. The van der Waals surface area contributed by atoms with Crippen LogP contribution in [0.1, 0.15) is 25.0 Å². The highest BCUT2D eigenvalue weighted by Gasteiger charge is 2.26. The van der Waals surface area contributed by atoms with Crippen LogP contribution in [0.15, 0.2) is 40.9 Å². The lowest BCUT2D eigenvalue weighted by Gasteiger charge is -2.27. The maximum Gasteiger partial charge on any atom is 0.331 e. The van der Waals surface area contributed by atoms with Crippen LogP contribution in [-0.4, -0.2) is 5.97 Å². The van der Waals surface area contributed by atoms with Gasteiger partial charge in [0.25, 0.3) is 0 Å². The van der Waals surface area contributed by atoms with E-state index < -0.39 is 0 Å². The maximum absolute atomic E-state index is 11.3. The summed E-state index contributed by atoms with van der Waals surface area (Å²) in [4.78, 5) is 11.3. The molecule has 0 saturated carbocycles. The summed E-state index contributed by atoms with van der Waals surface area (Å²) in [5.41, 5.74) is 1.04. The van der Waals surface area contributed by atoms with Crippen LogP contribution in [0, 0.1) is 5.92 Å². The molecule has 2 rings (SSSR count). The van der Waals surface area contributed by atoms with E-state index in [9.17, 15) is 4.79 Å². The average molecular weight is 281 g/mol. The first-order valence-corrected chi connectivity index (χ1v) is 6.14. The van der Waals surface area contributed by atoms with Gasteiger partial charge in [0.1, 0.15) is 6.10 Å². The van der Waals surface area contributed by atoms with Crippen molar-refractivity contribution < 1.29 is 9.53 Å². The van der Waals surface area contributed by atoms with E-state index in [4.69, 9.17) is 4.74 Å². The quantitative estimate of drug-likeness (QED) is 0.774. The Morgan fingerprint density at radius 2 is 2.25 bits per heavy atom. The van der Waals surface area contributed by atoms with Crippen LogP contribution in [0.25, 0.3) is 0 Å². The van der Waals surface area contributed by atoms with Gasteiger partial charge in [0, 0.05) is 16.5 Å². The predicted octanol–water partition coefficient (Wildman–Crippen LogP) is 3.63. The fourth-order valence-electron chi connectivity index (χ4n) is 1.90. The summed E-state index contributed by atoms with van der Waals surface area (Å²) in [6.45, 7) is 2.10. The molecular weight excluding hydrogens is 268 g/mol. The van der Waals surface area contributed by atoms with Crippen molar-refractivity contribution in [1.29, 1.82) is 0 Å². The predicted molar refractivity (Wildman–Crippen MR) is 65.9 cm³/mol. The van der Waals surface area contributed by atoms with Crippen molar-refractivity contribution in [1.82, 2.24) is 0 Å². The molecule has 1 aromatic carbocycles. The largest absolute Gasteiger partial charge is 0.454 e. The highest BCUT2D eigenvalue weighted by molar-refractivity contribution is 9.10. The van der Waals surface area contributed by atoms with E-state index in [0.29, 0.717) is 0 Å². The first-order valence-electron chi connectivity index (χ1n) is 5.35. The Hall–Kier alpha value is -1.09. The second-order valence-corrected chi connectivity index (χ2v) is 4.76. The normalized spacial score (nSPS) is 24.2. The van der Waals surface area contributed by atoms with Gasteiger partial charge in [0.15, 0.2) is 0 Å². The molecule has 3 heteroatoms. The summed E-state index contributed by atoms with van der Waals surface area (Å²) in [6.07, 6.45) is 4.26. The fraction of sp³-hybridized carbons (Fsp3) is 0.308. The van der Waals surface area contributed by atoms with Crippen molar-refractivity contribution in [3.05, 3.63) is 46.5 Å². The van der Waals surface area contributed by atoms with Gasteiger partial charge in [0.2, 0.25) is 0 Å². The lowest BCUT2D eigenvalue weighted by molar-refractivity contribution is -0.147. The van der Waals surface area contributed by atoms with Gasteiger partial charge in [-0.1, -0.05) is 41.1 Å². The minimum absolute atomic E-state index is 0.153. The van der Waals surface area contributed by atoms with Gasteiger partial charge < -0.3 is 4.74 Å². The first-order chi connectivity index (χ1) is 7.70. The molecule has 0 bridgehead atoms. The van der Waals surface area contributed by atoms with E-state index in [2.05, 4.69) is 22.9 Å². The molecule has 84 valence electrons. The molecular formula is C13H13BrO2. The Labute approximate surface area is 103 Å². The molecule has 1 aromatic rings. The number of ether oxygens (including phenoxy) is 1. The Kier molecular flexibility index (Phi) is 3.44. The van der Waals surface area contributed by atoms with E-state index in [1.54, 1.807) is 0 Å². The Morgan fingerprint density at radius 3 is 2.94 bits per heavy atom. The third-order valence-electron chi connectivity index (χ3n) is 2.76. The number of carbonyl (C=O) groups excluding carboxylic acids is 1. The Balaban J connectivity index is 2.31. The standard InChI is InChI=1S/C13H13BrO2/c1-2-9-6-7-12(15)16-13(9)10-4-3-5-11(14)8-10/h3-9,13H,2H2,1H3/t9-,13-/m1/s1. The molecule has 2 atom stereocenters. The fourth-order valence-corrected chi connectivity index (χ4v) is 2.32. The molecule has 16 heavy (non-hydrogen) atoms. The minimum atomic E-state index is -0.255. The number of halogens is 1. The number of cyclic esters (lactones) is 1. The SMILES string of the molecule is CC[C@@H]1C=CC(=O)O[C@H]1c1cccc(Br)c1. The van der Waals surface area contributed by atoms with Gasteiger partial charge in [-0.3, -0.25) is 0 Å². The Morgan fingerprint density at radius 1 is 1.44 bits per heavy atom. The van der Waals surface area contributed by atoms with Crippen LogP contribution in [0.4, 0.5) is 0 Å². The first kappa shape index (κ1) is 11.4. The van der Waals surface area contributed by atoms with E-state index in [0.717, 1.165) is 16.5 Å². The number of rotatable bonds is 2. The topological polar surface area (TPSA) is 26.3 Å². The smallest absolute Gasteiger partial charge is 0.331 e. The highest BCUT2D eigenvalue weighted by atomic mass is 79.9. The molecule has 0 saturated heterocycles. The van der Waals surface area contributed by atoms with Crippen LogP contribution in [0.2, 0.25) is 0 Å². The molecule has 0 amide bonds. The van der Waals surface area contributed by atoms with Gasteiger partial charge in [-0.2, -0.15) is 0 Å². The molecule has 0 unspecified atom stereocenters. The minimum Gasteiger partial charge on any atom is -0.454 e. The summed E-state index contributed by atoms with van der Waals surface area (Å²) < 4.78 is 6.39. The summed E-state index contributed by atoms with van der Waals surface area (Å²) in [5.74, 6) is 0.0154. The van der Waals surface area contributed by atoms with Gasteiger partial charge in [-0.15, -0.1) is 0 Å². The lowest BCUT2D eigenvalue weighted by Crippen LogP contribution is -2.21. The number of hydrogen-bond donors (Lipinski definition) is 0. The second kappa shape index (κ2) is 4.83. The van der Waals surface area contributed by atoms with E-state index in [-0.39, 0.29) is 18.0 Å². The molecule has 0 spiro atoms. The summed E-state index contributed by atoms with van der Waals surface area (Å²) in [5, 5.41) is 0. The zero-order valence-electron chi connectivity index (χ0n) is 9.02. The molecule has 0 fully saturated rings. The van der Waals surface area contributed by atoms with Crippen LogP contribution in [0.3, 0.4) is 0 Å². The van der Waals surface area contributed by atoms with Crippen molar-refractivity contribution in [2.45, 2.75) is 19.4 Å². The molecule has 0 aliphatic carbocycles. The number of benzene rings is 1. The summed E-state index contributed by atoms with van der Waals surface area (Å²) in [6, 6.07) is 7.91. The van der Waals surface area contributed by atoms with Crippen LogP contribution in [0.5, 0.6) is 0 Å². The van der Waals surface area contributed by atoms with Crippen LogP contribution < -0.4 is 0 Å². The number of esters is 1. The van der Waals surface area contributed by atoms with Gasteiger partial charge in [0.05, 0.1) is 0 Å². The molecule has 1 aliphatic heterocycles. The van der Waals surface area contributed by atoms with Crippen molar-refractivity contribution in [2.75, 3.05) is 0 Å². The highest BCUT2D eigenvalue weighted by Crippen LogP contribution is 2.33. The molecule has 1 aliphatic rings. The Bertz CT molecular complexity index is 426. The van der Waals surface area contributed by atoms with Gasteiger partial charge in [-0.25, -0.2) is 4.79 Å². The van der Waals surface area contributed by atoms with Crippen molar-refractivity contribution in [2.24, 2.45) is 5.92 Å². The van der Waals surface area contributed by atoms with Gasteiger partial charge >= 0.3 is 5.97 Å². The molecule has 0 aromatic heterocycles. The monoisotopic (exact) mass is 280 g/mol. The molecule has 0 N–H and O–H groups in total. The molecule has 2 nitrogen and oxygen atoms in total. The van der Waals surface area contributed by atoms with Crippen molar-refractivity contribution >= 4 is 21.9 Å². The molecule has 1 heterocycles. The van der Waals surface area contributed by atoms with E-state index in [1.165, 1.54) is 6.08 Å². The zero-order chi connectivity index (χ0) is 11.5. The number of hydrogen-bond acceptors (Lipinski definition) is 2. The van der Waals surface area contributed by atoms with Crippen LogP contribution >= 0.6 is 15.9 Å². The lowest BCUT2D eigenvalue weighted by atomic mass is 9.91.